The van der Waals surface area contributed by atoms with Crippen LogP contribution in [-0.2, 0) is 37.3 Å². The van der Waals surface area contributed by atoms with Crippen molar-refractivity contribution < 1.29 is 33.0 Å². The number of fused-ring (bicyclic) bond motifs is 1. The van der Waals surface area contributed by atoms with Gasteiger partial charge in [-0.25, -0.2) is 4.39 Å². The van der Waals surface area contributed by atoms with Crippen molar-refractivity contribution >= 4 is 45.9 Å². The van der Waals surface area contributed by atoms with Crippen molar-refractivity contribution in [1.82, 2.24) is 9.47 Å². The van der Waals surface area contributed by atoms with E-state index < -0.39 is 18.0 Å². The lowest BCUT2D eigenvalue weighted by Gasteiger charge is -2.36. The average Bonchev–Trinajstić information content (AvgIpc) is 3.62. The Morgan fingerprint density at radius 1 is 1.09 bits per heavy atom. The number of nitrogens with zero attached hydrogens (tertiary/aromatic N) is 2. The maximum atomic E-state index is 15.5. The topological polar surface area (TPSA) is 99.1 Å². The van der Waals surface area contributed by atoms with Crippen LogP contribution in [0.3, 0.4) is 0 Å². The van der Waals surface area contributed by atoms with Crippen molar-refractivity contribution in [3.63, 3.8) is 0 Å². The molecule has 9 nitrogen and oxygen atoms in total. The first kappa shape index (κ1) is 32.1. The number of anilines is 1. The summed E-state index contributed by atoms with van der Waals surface area (Å²) >= 11 is 6.52. The van der Waals surface area contributed by atoms with Crippen molar-refractivity contribution in [2.75, 3.05) is 32.7 Å². The third kappa shape index (κ3) is 6.99. The summed E-state index contributed by atoms with van der Waals surface area (Å²) in [5, 5.41) is 3.61. The number of aryl methyl sites for hydroxylation is 1. The number of amides is 1. The number of Topliss-reactive ketones (excluding diaryl/α,β-unsaturated/α-hetero) is 1. The summed E-state index contributed by atoms with van der Waals surface area (Å²) in [7, 11) is 4.86. The van der Waals surface area contributed by atoms with Gasteiger partial charge in [0.25, 0.3) is 5.91 Å². The highest BCUT2D eigenvalue weighted by atomic mass is 35.5. The highest BCUT2D eigenvalue weighted by molar-refractivity contribution is 6.34. The number of ether oxygens (including phenoxy) is 3. The van der Waals surface area contributed by atoms with Crippen LogP contribution in [0.1, 0.15) is 54.4 Å². The molecule has 1 unspecified atom stereocenters. The minimum Gasteiger partial charge on any atom is -0.469 e. The van der Waals surface area contributed by atoms with Gasteiger partial charge in [0.1, 0.15) is 5.82 Å². The Morgan fingerprint density at radius 2 is 1.84 bits per heavy atom. The molecule has 2 heterocycles. The van der Waals surface area contributed by atoms with Crippen molar-refractivity contribution in [1.29, 1.82) is 0 Å². The van der Waals surface area contributed by atoms with Gasteiger partial charge in [0.05, 0.1) is 42.0 Å². The molecule has 1 aliphatic carbocycles. The predicted molar refractivity (Wildman–Crippen MR) is 165 cm³/mol. The molecule has 1 aliphatic heterocycles. The maximum Gasteiger partial charge on any atom is 0.308 e. The molecule has 1 amide bonds. The number of hydrogen-bond donors (Lipinski definition) is 1. The van der Waals surface area contributed by atoms with E-state index in [0.29, 0.717) is 44.4 Å². The molecule has 236 valence electrons. The molecule has 1 aromatic heterocycles. The second kappa shape index (κ2) is 14.2. The summed E-state index contributed by atoms with van der Waals surface area (Å²) in [6.07, 6.45) is 4.62. The standard InChI is InChI=1S/C33H39ClFN3O6/c1-37-18-25(24-8-4-5-9-29(24)37)31(40)36-28-17-27(35)21(15-26(28)34)16-30(39)32(38-14-6-7-22(38)19-42-2)44-23-12-10-20(11-13-23)33(41)43-3/h4-5,8-9,15,17-18,20,22-23,32H,6-7,10-14,16,19H2,1-3H3,(H,36,40)/t20?,22-,23?,32?/m0/s1. The molecule has 2 fully saturated rings. The summed E-state index contributed by atoms with van der Waals surface area (Å²) < 4.78 is 34.1. The number of para-hydroxylation sites is 1. The summed E-state index contributed by atoms with van der Waals surface area (Å²) in [5.41, 5.74) is 1.57. The molecule has 2 aliphatic rings. The maximum absolute atomic E-state index is 15.5. The van der Waals surface area contributed by atoms with Gasteiger partial charge in [-0.1, -0.05) is 29.8 Å². The van der Waals surface area contributed by atoms with Crippen LogP contribution in [0.25, 0.3) is 10.9 Å². The number of rotatable bonds is 11. The molecule has 2 aromatic carbocycles. The van der Waals surface area contributed by atoms with Crippen LogP contribution in [0.4, 0.5) is 10.1 Å². The molecule has 0 bridgehead atoms. The van der Waals surface area contributed by atoms with Crippen LogP contribution in [0.5, 0.6) is 0 Å². The number of carbonyl (C=O) groups is 3. The van der Waals surface area contributed by atoms with Gasteiger partial charge in [0.15, 0.2) is 12.0 Å². The van der Waals surface area contributed by atoms with Crippen molar-refractivity contribution in [2.24, 2.45) is 13.0 Å². The van der Waals surface area contributed by atoms with Crippen LogP contribution in [0, 0.1) is 11.7 Å². The molecular weight excluding hydrogens is 589 g/mol. The minimum atomic E-state index is -0.888. The van der Waals surface area contributed by atoms with Crippen molar-refractivity contribution in [3.8, 4) is 0 Å². The zero-order valence-electron chi connectivity index (χ0n) is 25.3. The average molecular weight is 628 g/mol. The van der Waals surface area contributed by atoms with Gasteiger partial charge in [-0.05, 0) is 62.3 Å². The fourth-order valence-corrected chi connectivity index (χ4v) is 6.70. The van der Waals surface area contributed by atoms with E-state index in [-0.39, 0.29) is 52.5 Å². The number of ketones is 1. The Hall–Kier alpha value is -3.31. The van der Waals surface area contributed by atoms with Gasteiger partial charge in [0.2, 0.25) is 0 Å². The Labute approximate surface area is 261 Å². The van der Waals surface area contributed by atoms with E-state index in [4.69, 9.17) is 25.8 Å². The summed E-state index contributed by atoms with van der Waals surface area (Å²) in [5.74, 6) is -1.74. The number of hydrogen-bond acceptors (Lipinski definition) is 7. The molecule has 3 aromatic rings. The van der Waals surface area contributed by atoms with Gasteiger partial charge in [-0.15, -0.1) is 0 Å². The minimum absolute atomic E-state index is 0.000416. The molecule has 1 N–H and O–H groups in total. The normalized spacial score (nSPS) is 21.3. The molecule has 1 saturated carbocycles. The van der Waals surface area contributed by atoms with Gasteiger partial charge in [-0.3, -0.25) is 19.3 Å². The summed E-state index contributed by atoms with van der Waals surface area (Å²) in [6.45, 7) is 1.11. The quantitative estimate of drug-likeness (QED) is 0.280. The smallest absolute Gasteiger partial charge is 0.308 e. The molecule has 1 saturated heterocycles. The summed E-state index contributed by atoms with van der Waals surface area (Å²) in [6, 6.07) is 10.0. The molecule has 5 rings (SSSR count). The first-order valence-corrected chi connectivity index (χ1v) is 15.4. The van der Waals surface area contributed by atoms with Gasteiger partial charge < -0.3 is 24.1 Å². The first-order valence-electron chi connectivity index (χ1n) is 15.0. The van der Waals surface area contributed by atoms with Crippen molar-refractivity contribution in [2.45, 2.75) is 63.3 Å². The van der Waals surface area contributed by atoms with Crippen LogP contribution in [0.15, 0.2) is 42.6 Å². The molecule has 11 heteroatoms. The zero-order valence-corrected chi connectivity index (χ0v) is 26.1. The molecule has 2 atom stereocenters. The van der Waals surface area contributed by atoms with E-state index in [9.17, 15) is 14.4 Å². The Bertz CT molecular complexity index is 1520. The monoisotopic (exact) mass is 627 g/mol. The lowest BCUT2D eigenvalue weighted by Crippen LogP contribution is -2.49. The highest BCUT2D eigenvalue weighted by Gasteiger charge is 2.38. The number of esters is 1. The third-order valence-corrected chi connectivity index (χ3v) is 9.09. The number of methoxy groups -OCH3 is 2. The van der Waals surface area contributed by atoms with Gasteiger partial charge in [-0.2, -0.15) is 0 Å². The van der Waals surface area contributed by atoms with E-state index in [0.717, 1.165) is 29.8 Å². The summed E-state index contributed by atoms with van der Waals surface area (Å²) in [4.78, 5) is 41.0. The van der Waals surface area contributed by atoms with Crippen LogP contribution < -0.4 is 5.32 Å². The largest absolute Gasteiger partial charge is 0.469 e. The molecule has 0 radical (unpaired) electrons. The second-order valence-electron chi connectivity index (χ2n) is 11.7. The van der Waals surface area contributed by atoms with E-state index >= 15 is 4.39 Å². The SMILES string of the molecule is COC[C@@H]1CCCN1C(OC1CCC(C(=O)OC)CC1)C(=O)Cc1cc(Cl)c(NC(=O)c2cn(C)c3ccccc23)cc1F. The number of benzene rings is 2. The predicted octanol–water partition coefficient (Wildman–Crippen LogP) is 5.52. The zero-order chi connectivity index (χ0) is 31.4. The highest BCUT2D eigenvalue weighted by Crippen LogP contribution is 2.32. The number of likely N-dealkylation sites (tertiary alicyclic amines) is 1. The van der Waals surface area contributed by atoms with Crippen molar-refractivity contribution in [3.05, 3.63) is 64.6 Å². The Balaban J connectivity index is 1.31. The van der Waals surface area contributed by atoms with Gasteiger partial charge >= 0.3 is 5.97 Å². The van der Waals surface area contributed by atoms with Crippen LogP contribution in [-0.4, -0.2) is 72.9 Å². The lowest BCUT2D eigenvalue weighted by molar-refractivity contribution is -0.162. The van der Waals surface area contributed by atoms with E-state index in [1.165, 1.54) is 13.2 Å². The number of nitrogens with one attached hydrogen (secondary N) is 1. The fourth-order valence-electron chi connectivity index (χ4n) is 6.47. The van der Waals surface area contributed by atoms with E-state index in [2.05, 4.69) is 5.32 Å². The number of carbonyl (C=O) groups excluding carboxylic acids is 3. The Kier molecular flexibility index (Phi) is 10.4. The van der Waals surface area contributed by atoms with Crippen LogP contribution >= 0.6 is 11.6 Å². The number of aromatic nitrogens is 1. The Morgan fingerprint density at radius 3 is 2.57 bits per heavy atom. The molecular formula is C33H39ClFN3O6. The van der Waals surface area contributed by atoms with Crippen LogP contribution in [0.2, 0.25) is 5.02 Å². The fraction of sp³-hybridized carbons (Fsp3) is 0.485. The molecule has 44 heavy (non-hydrogen) atoms. The first-order chi connectivity index (χ1) is 21.2. The van der Waals surface area contributed by atoms with E-state index in [1.807, 2.05) is 40.8 Å². The second-order valence-corrected chi connectivity index (χ2v) is 12.1. The number of halogens is 2. The third-order valence-electron chi connectivity index (χ3n) is 8.78. The molecule has 0 spiro atoms. The van der Waals surface area contributed by atoms with Gasteiger partial charge in [0, 0.05) is 50.3 Å². The van der Waals surface area contributed by atoms with E-state index in [1.54, 1.807) is 13.3 Å². The lowest BCUT2D eigenvalue weighted by atomic mass is 9.87.